The second-order valence-corrected chi connectivity index (χ2v) is 8.22. The fraction of sp³-hybridized carbons (Fsp3) is 0.682. The molecule has 3 rings (SSSR count). The summed E-state index contributed by atoms with van der Waals surface area (Å²) in [7, 11) is 1.79. The first kappa shape index (κ1) is 26.4. The van der Waals surface area contributed by atoms with Crippen LogP contribution >= 0.6 is 24.0 Å². The molecule has 0 saturated carbocycles. The Hall–Kier alpha value is -1.82. The zero-order chi connectivity index (χ0) is 22.1. The number of furan rings is 1. The molecule has 2 N–H and O–H groups in total. The van der Waals surface area contributed by atoms with Gasteiger partial charge in [0.2, 0.25) is 5.91 Å². The maximum absolute atomic E-state index is 12.5. The molecule has 2 fully saturated rings. The zero-order valence-electron chi connectivity index (χ0n) is 19.3. The predicted molar refractivity (Wildman–Crippen MR) is 136 cm³/mol. The minimum atomic E-state index is -0.179. The van der Waals surface area contributed by atoms with Crippen molar-refractivity contribution in [2.75, 3.05) is 66.0 Å². The van der Waals surface area contributed by atoms with E-state index in [0.717, 1.165) is 76.6 Å². The first-order chi connectivity index (χ1) is 15.1. The molecular weight excluding hydrogens is 523 g/mol. The second kappa shape index (κ2) is 13.7. The van der Waals surface area contributed by atoms with Crippen LogP contribution in [0.3, 0.4) is 0 Å². The second-order valence-electron chi connectivity index (χ2n) is 8.22. The molecule has 1 aromatic rings. The minimum Gasteiger partial charge on any atom is -0.459 e. The van der Waals surface area contributed by atoms with E-state index in [9.17, 15) is 9.59 Å². The van der Waals surface area contributed by atoms with Crippen molar-refractivity contribution in [2.45, 2.75) is 32.6 Å². The van der Waals surface area contributed by atoms with Gasteiger partial charge < -0.3 is 24.9 Å². The summed E-state index contributed by atoms with van der Waals surface area (Å²) >= 11 is 0. The number of amides is 2. The molecule has 9 nitrogen and oxygen atoms in total. The topological polar surface area (TPSA) is 93.4 Å². The highest BCUT2D eigenvalue weighted by Crippen LogP contribution is 2.10. The summed E-state index contributed by atoms with van der Waals surface area (Å²) < 4.78 is 5.20. The third-order valence-electron chi connectivity index (χ3n) is 5.94. The Morgan fingerprint density at radius 2 is 1.69 bits per heavy atom. The van der Waals surface area contributed by atoms with E-state index in [0.29, 0.717) is 18.8 Å². The van der Waals surface area contributed by atoms with Crippen LogP contribution in [0, 0.1) is 6.92 Å². The molecule has 3 heterocycles. The summed E-state index contributed by atoms with van der Waals surface area (Å²) in [5, 5.41) is 6.25. The highest BCUT2D eigenvalue weighted by atomic mass is 127. The number of carbonyl (C=O) groups is 2. The smallest absolute Gasteiger partial charge is 0.287 e. The van der Waals surface area contributed by atoms with Gasteiger partial charge in [0.05, 0.1) is 12.8 Å². The molecule has 2 saturated heterocycles. The van der Waals surface area contributed by atoms with Crippen molar-refractivity contribution in [3.8, 4) is 0 Å². The monoisotopic (exact) mass is 560 g/mol. The van der Waals surface area contributed by atoms with E-state index in [4.69, 9.17) is 4.42 Å². The number of halogens is 1. The van der Waals surface area contributed by atoms with Crippen molar-refractivity contribution in [2.24, 2.45) is 4.99 Å². The van der Waals surface area contributed by atoms with Gasteiger partial charge in [-0.3, -0.25) is 19.5 Å². The normalized spacial score (nSPS) is 17.6. The average molecular weight is 560 g/mol. The summed E-state index contributed by atoms with van der Waals surface area (Å²) in [5.41, 5.74) is 0.841. The molecule has 0 bridgehead atoms. The molecule has 0 atom stereocenters. The van der Waals surface area contributed by atoms with Gasteiger partial charge in [0.1, 0.15) is 0 Å². The van der Waals surface area contributed by atoms with Crippen LogP contribution in [0.4, 0.5) is 0 Å². The minimum absolute atomic E-state index is 0. The van der Waals surface area contributed by atoms with Gasteiger partial charge in [0.25, 0.3) is 5.91 Å². The summed E-state index contributed by atoms with van der Waals surface area (Å²) in [6, 6.07) is 1.78. The molecule has 0 spiro atoms. The Morgan fingerprint density at radius 3 is 2.31 bits per heavy atom. The summed E-state index contributed by atoms with van der Waals surface area (Å²) in [5.74, 6) is 1.33. The van der Waals surface area contributed by atoms with E-state index < -0.39 is 0 Å². The average Bonchev–Trinajstić information content (AvgIpc) is 3.23. The lowest BCUT2D eigenvalue weighted by molar-refractivity contribution is -0.133. The van der Waals surface area contributed by atoms with Crippen molar-refractivity contribution >= 4 is 41.8 Å². The first-order valence-electron chi connectivity index (χ1n) is 11.4. The number of carbonyl (C=O) groups excluding carboxylic acids is 2. The lowest BCUT2D eigenvalue weighted by atomic mass is 10.1. The van der Waals surface area contributed by atoms with Crippen molar-refractivity contribution in [3.63, 3.8) is 0 Å². The van der Waals surface area contributed by atoms with Crippen LogP contribution in [0.5, 0.6) is 0 Å². The number of nitrogens with one attached hydrogen (secondary N) is 2. The van der Waals surface area contributed by atoms with Crippen LogP contribution in [0.15, 0.2) is 21.7 Å². The third-order valence-corrected chi connectivity index (χ3v) is 5.94. The van der Waals surface area contributed by atoms with Crippen LogP contribution in [0.25, 0.3) is 0 Å². The molecule has 0 radical (unpaired) electrons. The molecule has 0 unspecified atom stereocenters. The number of likely N-dealkylation sites (tertiary alicyclic amines) is 1. The molecule has 0 aromatic carbocycles. The van der Waals surface area contributed by atoms with Gasteiger partial charge in [0, 0.05) is 65.0 Å². The van der Waals surface area contributed by atoms with Crippen LogP contribution in [-0.2, 0) is 4.79 Å². The Labute approximate surface area is 208 Å². The lowest BCUT2D eigenvalue weighted by Gasteiger charge is -2.37. The number of rotatable bonds is 7. The van der Waals surface area contributed by atoms with E-state index in [1.54, 1.807) is 13.1 Å². The van der Waals surface area contributed by atoms with E-state index in [1.165, 1.54) is 12.7 Å². The van der Waals surface area contributed by atoms with E-state index in [2.05, 4.69) is 25.4 Å². The number of hydrogen-bond acceptors (Lipinski definition) is 5. The fourth-order valence-electron chi connectivity index (χ4n) is 4.06. The van der Waals surface area contributed by atoms with E-state index >= 15 is 0 Å². The molecule has 0 aliphatic carbocycles. The summed E-state index contributed by atoms with van der Waals surface area (Å²) in [4.78, 5) is 35.4. The number of aliphatic imine (C=N–C) groups is 1. The number of guanidine groups is 1. The van der Waals surface area contributed by atoms with Crippen LogP contribution < -0.4 is 10.6 Å². The predicted octanol–water partition coefficient (Wildman–Crippen LogP) is 1.53. The van der Waals surface area contributed by atoms with Gasteiger partial charge in [-0.1, -0.05) is 0 Å². The molecule has 2 aliphatic rings. The first-order valence-corrected chi connectivity index (χ1v) is 11.4. The Balaban J connectivity index is 0.00000363. The highest BCUT2D eigenvalue weighted by Gasteiger charge is 2.24. The van der Waals surface area contributed by atoms with Crippen LogP contribution in [0.2, 0.25) is 0 Å². The van der Waals surface area contributed by atoms with Crippen LogP contribution in [0.1, 0.15) is 41.8 Å². The fourth-order valence-corrected chi connectivity index (χ4v) is 4.06. The number of piperidine rings is 1. The summed E-state index contributed by atoms with van der Waals surface area (Å²) in [6.45, 7) is 8.91. The van der Waals surface area contributed by atoms with Crippen molar-refractivity contribution < 1.29 is 14.0 Å². The van der Waals surface area contributed by atoms with Gasteiger partial charge in [-0.2, -0.15) is 0 Å². The Kier molecular flexibility index (Phi) is 11.3. The lowest BCUT2D eigenvalue weighted by Crippen LogP contribution is -2.54. The van der Waals surface area contributed by atoms with Crippen molar-refractivity contribution in [1.29, 1.82) is 0 Å². The van der Waals surface area contributed by atoms with E-state index in [-0.39, 0.29) is 35.8 Å². The maximum Gasteiger partial charge on any atom is 0.287 e. The SMILES string of the molecule is CN=C(NCCCNC(=O)c1occc1C)N1CCN(CC(=O)N2CCCCC2)CC1.I. The van der Waals surface area contributed by atoms with Gasteiger partial charge in [-0.25, -0.2) is 0 Å². The summed E-state index contributed by atoms with van der Waals surface area (Å²) in [6.07, 6.45) is 5.82. The number of aryl methyl sites for hydroxylation is 1. The molecule has 32 heavy (non-hydrogen) atoms. The molecular formula is C22H37IN6O3. The maximum atomic E-state index is 12.5. The molecule has 1 aromatic heterocycles. The third kappa shape index (κ3) is 7.65. The molecule has 10 heteroatoms. The highest BCUT2D eigenvalue weighted by molar-refractivity contribution is 14.0. The van der Waals surface area contributed by atoms with E-state index in [1.807, 2.05) is 11.8 Å². The van der Waals surface area contributed by atoms with Gasteiger partial charge >= 0.3 is 0 Å². The number of hydrogen-bond donors (Lipinski definition) is 2. The Bertz CT molecular complexity index is 755. The quantitative estimate of drug-likeness (QED) is 0.228. The van der Waals surface area contributed by atoms with Gasteiger partial charge in [-0.05, 0) is 38.7 Å². The van der Waals surface area contributed by atoms with Crippen molar-refractivity contribution in [1.82, 2.24) is 25.3 Å². The molecule has 180 valence electrons. The number of piperazine rings is 1. The number of nitrogens with zero attached hydrogens (tertiary/aromatic N) is 4. The molecule has 2 aliphatic heterocycles. The van der Waals surface area contributed by atoms with Gasteiger partial charge in [0.15, 0.2) is 11.7 Å². The van der Waals surface area contributed by atoms with Gasteiger partial charge in [-0.15, -0.1) is 24.0 Å². The largest absolute Gasteiger partial charge is 0.459 e. The van der Waals surface area contributed by atoms with Crippen molar-refractivity contribution in [3.05, 3.63) is 23.7 Å². The Morgan fingerprint density at radius 1 is 1.00 bits per heavy atom. The van der Waals surface area contributed by atoms with Crippen LogP contribution in [-0.4, -0.2) is 98.4 Å². The molecule has 2 amide bonds. The standard InChI is InChI=1S/C22H36N6O3.HI/c1-18-7-16-31-20(18)21(30)24-8-6-9-25-22(23-2)28-14-12-26(13-15-28)17-19(29)27-10-4-3-5-11-27;/h7,16H,3-6,8-15,17H2,1-2H3,(H,23,25)(H,24,30);1H. The zero-order valence-corrected chi connectivity index (χ0v) is 21.6.